The number of carbonyl (C=O) groups is 2. The highest BCUT2D eigenvalue weighted by molar-refractivity contribution is 6.00. The minimum atomic E-state index is -0.309. The average Bonchev–Trinajstić information content (AvgIpc) is 3.13. The number of ether oxygens (including phenoxy) is 4. The molecule has 4 rings (SSSR count). The monoisotopic (exact) mass is 413 g/mol. The van der Waals surface area contributed by atoms with Gasteiger partial charge in [0, 0.05) is 30.9 Å². The lowest BCUT2D eigenvalue weighted by Gasteiger charge is -2.22. The highest BCUT2D eigenvalue weighted by Gasteiger charge is 2.31. The van der Waals surface area contributed by atoms with Crippen molar-refractivity contribution in [2.45, 2.75) is 0 Å². The van der Waals surface area contributed by atoms with Crippen molar-refractivity contribution in [2.75, 3.05) is 57.3 Å². The number of amides is 3. The summed E-state index contributed by atoms with van der Waals surface area (Å²) in [5.41, 5.74) is 1.22. The highest BCUT2D eigenvalue weighted by Crippen LogP contribution is 2.35. The maximum Gasteiger partial charge on any atom is 0.325 e. The van der Waals surface area contributed by atoms with Crippen LogP contribution in [0.5, 0.6) is 23.0 Å². The van der Waals surface area contributed by atoms with Crippen molar-refractivity contribution in [2.24, 2.45) is 0 Å². The number of anilines is 2. The highest BCUT2D eigenvalue weighted by atomic mass is 16.6. The maximum atomic E-state index is 12.8. The fourth-order valence-electron chi connectivity index (χ4n) is 3.43. The molecule has 2 aliphatic rings. The van der Waals surface area contributed by atoms with E-state index in [-0.39, 0.29) is 18.5 Å². The largest absolute Gasteiger partial charge is 0.497 e. The summed E-state index contributed by atoms with van der Waals surface area (Å²) >= 11 is 0. The molecular weight excluding hydrogens is 390 g/mol. The summed E-state index contributed by atoms with van der Waals surface area (Å²) in [5.74, 6) is 2.08. The van der Waals surface area contributed by atoms with Crippen LogP contribution in [0, 0.1) is 0 Å². The fourth-order valence-corrected chi connectivity index (χ4v) is 3.43. The molecule has 2 aliphatic heterocycles. The molecule has 0 atom stereocenters. The molecule has 0 unspecified atom stereocenters. The van der Waals surface area contributed by atoms with Gasteiger partial charge in [-0.05, 0) is 24.3 Å². The fraction of sp³-hybridized carbons (Fsp3) is 0.333. The molecule has 30 heavy (non-hydrogen) atoms. The van der Waals surface area contributed by atoms with Crippen LogP contribution >= 0.6 is 0 Å². The second-order valence-electron chi connectivity index (χ2n) is 6.80. The van der Waals surface area contributed by atoms with E-state index in [1.807, 2.05) is 6.07 Å². The van der Waals surface area contributed by atoms with E-state index in [9.17, 15) is 9.59 Å². The van der Waals surface area contributed by atoms with Crippen molar-refractivity contribution >= 4 is 23.3 Å². The van der Waals surface area contributed by atoms with Crippen LogP contribution in [0.15, 0.2) is 36.4 Å². The van der Waals surface area contributed by atoms with Crippen LogP contribution in [-0.2, 0) is 4.79 Å². The van der Waals surface area contributed by atoms with Crippen molar-refractivity contribution in [3.05, 3.63) is 36.4 Å². The number of urea groups is 1. The lowest BCUT2D eigenvalue weighted by molar-refractivity contribution is -0.116. The third-order valence-corrected chi connectivity index (χ3v) is 4.95. The van der Waals surface area contributed by atoms with Crippen LogP contribution in [0.2, 0.25) is 0 Å². The Morgan fingerprint density at radius 2 is 1.83 bits per heavy atom. The van der Waals surface area contributed by atoms with Gasteiger partial charge in [-0.2, -0.15) is 0 Å². The molecule has 1 fully saturated rings. The number of rotatable bonds is 6. The van der Waals surface area contributed by atoms with E-state index in [0.29, 0.717) is 60.7 Å². The van der Waals surface area contributed by atoms with Crippen molar-refractivity contribution in [3.63, 3.8) is 0 Å². The second-order valence-corrected chi connectivity index (χ2v) is 6.80. The van der Waals surface area contributed by atoms with Crippen molar-refractivity contribution in [1.29, 1.82) is 0 Å². The van der Waals surface area contributed by atoms with Gasteiger partial charge in [0.1, 0.15) is 31.3 Å². The van der Waals surface area contributed by atoms with Gasteiger partial charge in [0.25, 0.3) is 0 Å². The molecule has 9 nitrogen and oxygen atoms in total. The average molecular weight is 413 g/mol. The minimum absolute atomic E-state index is 0.0604. The van der Waals surface area contributed by atoms with Crippen LogP contribution < -0.4 is 29.2 Å². The summed E-state index contributed by atoms with van der Waals surface area (Å²) in [4.78, 5) is 28.5. The van der Waals surface area contributed by atoms with Gasteiger partial charge in [0.05, 0.1) is 19.9 Å². The topological polar surface area (TPSA) is 89.6 Å². The molecule has 0 saturated carbocycles. The molecule has 1 saturated heterocycles. The summed E-state index contributed by atoms with van der Waals surface area (Å²) in [7, 11) is 3.07. The van der Waals surface area contributed by atoms with E-state index in [4.69, 9.17) is 18.9 Å². The predicted molar refractivity (Wildman–Crippen MR) is 110 cm³/mol. The van der Waals surface area contributed by atoms with Gasteiger partial charge < -0.3 is 29.2 Å². The first-order valence-corrected chi connectivity index (χ1v) is 9.57. The Balaban J connectivity index is 1.40. The van der Waals surface area contributed by atoms with Gasteiger partial charge in [-0.25, -0.2) is 4.79 Å². The Morgan fingerprint density at radius 3 is 2.60 bits per heavy atom. The quantitative estimate of drug-likeness (QED) is 0.782. The molecule has 0 aromatic heterocycles. The van der Waals surface area contributed by atoms with E-state index >= 15 is 0 Å². The number of nitrogens with zero attached hydrogens (tertiary/aromatic N) is 2. The Labute approximate surface area is 174 Å². The van der Waals surface area contributed by atoms with Crippen molar-refractivity contribution in [3.8, 4) is 23.0 Å². The SMILES string of the molecule is COc1ccc(NC(=O)CN2CCN(c3ccc4c(c3)OCCO4)C2=O)c(OC)c1. The smallest absolute Gasteiger partial charge is 0.325 e. The van der Waals surface area contributed by atoms with E-state index in [1.54, 1.807) is 42.3 Å². The van der Waals surface area contributed by atoms with Crippen LogP contribution in [0.4, 0.5) is 16.2 Å². The first-order chi connectivity index (χ1) is 14.6. The standard InChI is InChI=1S/C21H23N3O6/c1-27-15-4-5-16(18(12-15)28-2)22-20(25)13-23-7-8-24(21(23)26)14-3-6-17-19(11-14)30-10-9-29-17/h3-6,11-12H,7-10,13H2,1-2H3,(H,22,25). The molecule has 158 valence electrons. The molecule has 0 spiro atoms. The summed E-state index contributed by atoms with van der Waals surface area (Å²) in [5, 5.41) is 2.79. The van der Waals surface area contributed by atoms with Gasteiger partial charge in [-0.1, -0.05) is 0 Å². The molecule has 9 heteroatoms. The van der Waals surface area contributed by atoms with E-state index in [2.05, 4.69) is 5.32 Å². The summed E-state index contributed by atoms with van der Waals surface area (Å²) in [6.07, 6.45) is 0. The lowest BCUT2D eigenvalue weighted by atomic mass is 10.2. The van der Waals surface area contributed by atoms with E-state index in [0.717, 1.165) is 0 Å². The Morgan fingerprint density at radius 1 is 1.03 bits per heavy atom. The summed E-state index contributed by atoms with van der Waals surface area (Å²) < 4.78 is 21.6. The molecule has 2 aromatic rings. The predicted octanol–water partition coefficient (Wildman–Crippen LogP) is 2.36. The number of hydrogen-bond donors (Lipinski definition) is 1. The van der Waals surface area contributed by atoms with Crippen LogP contribution in [-0.4, -0.2) is 63.9 Å². The van der Waals surface area contributed by atoms with Gasteiger partial charge in [0.2, 0.25) is 5.91 Å². The van der Waals surface area contributed by atoms with Crippen LogP contribution in [0.1, 0.15) is 0 Å². The van der Waals surface area contributed by atoms with Crippen LogP contribution in [0.25, 0.3) is 0 Å². The molecule has 2 heterocycles. The number of nitrogens with one attached hydrogen (secondary N) is 1. The zero-order valence-corrected chi connectivity index (χ0v) is 16.8. The van der Waals surface area contributed by atoms with Gasteiger partial charge in [-0.3, -0.25) is 9.69 Å². The van der Waals surface area contributed by atoms with Crippen LogP contribution in [0.3, 0.4) is 0 Å². The Bertz CT molecular complexity index is 964. The molecule has 0 bridgehead atoms. The molecule has 1 N–H and O–H groups in total. The van der Waals surface area contributed by atoms with Gasteiger partial charge in [0.15, 0.2) is 11.5 Å². The third kappa shape index (κ3) is 3.91. The molecule has 3 amide bonds. The van der Waals surface area contributed by atoms with Gasteiger partial charge >= 0.3 is 6.03 Å². The minimum Gasteiger partial charge on any atom is -0.497 e. The summed E-state index contributed by atoms with van der Waals surface area (Å²) in [6.45, 7) is 1.86. The molecule has 0 aliphatic carbocycles. The number of methoxy groups -OCH3 is 2. The van der Waals surface area contributed by atoms with E-state index < -0.39 is 0 Å². The van der Waals surface area contributed by atoms with E-state index in [1.165, 1.54) is 12.0 Å². The summed E-state index contributed by atoms with van der Waals surface area (Å²) in [6, 6.07) is 10.3. The first kappa shape index (κ1) is 19.7. The molecular formula is C21H23N3O6. The molecule has 2 aromatic carbocycles. The number of hydrogen-bond acceptors (Lipinski definition) is 6. The van der Waals surface area contributed by atoms with Crippen molar-refractivity contribution < 1.29 is 28.5 Å². The Kier molecular flexibility index (Phi) is 5.51. The zero-order valence-electron chi connectivity index (χ0n) is 16.8. The number of fused-ring (bicyclic) bond motifs is 1. The number of benzene rings is 2. The van der Waals surface area contributed by atoms with Crippen molar-refractivity contribution in [1.82, 2.24) is 4.90 Å². The van der Waals surface area contributed by atoms with Gasteiger partial charge in [-0.15, -0.1) is 0 Å². The second kappa shape index (κ2) is 8.40. The maximum absolute atomic E-state index is 12.8. The zero-order chi connectivity index (χ0) is 21.1. The normalized spacial score (nSPS) is 15.2. The molecule has 0 radical (unpaired) electrons. The lowest BCUT2D eigenvalue weighted by Crippen LogP contribution is -2.37. The third-order valence-electron chi connectivity index (χ3n) is 4.95. The Hall–Kier alpha value is -3.62. The number of carbonyl (C=O) groups excluding carboxylic acids is 2. The first-order valence-electron chi connectivity index (χ1n) is 9.57.